The molecule has 0 saturated heterocycles. The van der Waals surface area contributed by atoms with Gasteiger partial charge in [0, 0.05) is 0 Å². The third kappa shape index (κ3) is 3.40. The second-order valence-corrected chi connectivity index (χ2v) is 5.67. The van der Waals surface area contributed by atoms with Gasteiger partial charge in [-0.3, -0.25) is 0 Å². The number of rotatable bonds is 5. The molecule has 1 heteroatoms. The summed E-state index contributed by atoms with van der Waals surface area (Å²) in [5.41, 5.74) is 2.88. The first kappa shape index (κ1) is 14.2. The fourth-order valence-electron chi connectivity index (χ4n) is 3.21. The van der Waals surface area contributed by atoms with Gasteiger partial charge < -0.3 is 4.74 Å². The van der Waals surface area contributed by atoms with Crippen LogP contribution in [0.2, 0.25) is 0 Å². The Bertz CT molecular complexity index is 414. The first-order valence-corrected chi connectivity index (χ1v) is 7.57. The summed E-state index contributed by atoms with van der Waals surface area (Å²) in [4.78, 5) is 0. The van der Waals surface area contributed by atoms with Gasteiger partial charge in [0.05, 0.1) is 7.11 Å². The maximum atomic E-state index is 5.46. The molecule has 0 radical (unpaired) electrons. The van der Waals surface area contributed by atoms with Crippen molar-refractivity contribution < 1.29 is 4.74 Å². The number of hydrogen-bond acceptors (Lipinski definition) is 1. The van der Waals surface area contributed by atoms with E-state index in [4.69, 9.17) is 4.74 Å². The van der Waals surface area contributed by atoms with E-state index < -0.39 is 0 Å². The van der Waals surface area contributed by atoms with Gasteiger partial charge in [0.2, 0.25) is 0 Å². The third-order valence-electron chi connectivity index (χ3n) is 4.40. The molecule has 1 saturated carbocycles. The Morgan fingerprint density at radius 1 is 1.26 bits per heavy atom. The van der Waals surface area contributed by atoms with Crippen LogP contribution in [0.1, 0.15) is 56.1 Å². The molecule has 0 N–H and O–H groups in total. The molecule has 104 valence electrons. The van der Waals surface area contributed by atoms with Crippen LogP contribution < -0.4 is 4.74 Å². The molecule has 2 rings (SSSR count). The van der Waals surface area contributed by atoms with Crippen LogP contribution in [0.15, 0.2) is 30.9 Å². The van der Waals surface area contributed by atoms with Gasteiger partial charge in [-0.15, -0.1) is 6.58 Å². The minimum atomic E-state index is 0.734. The molecule has 0 aromatic heterocycles. The van der Waals surface area contributed by atoms with Gasteiger partial charge in [0.1, 0.15) is 5.75 Å². The van der Waals surface area contributed by atoms with Crippen LogP contribution >= 0.6 is 0 Å². The molecular weight excluding hydrogens is 232 g/mol. The van der Waals surface area contributed by atoms with Gasteiger partial charge in [-0.25, -0.2) is 0 Å². The Labute approximate surface area is 117 Å². The van der Waals surface area contributed by atoms with Crippen LogP contribution in [0.4, 0.5) is 0 Å². The van der Waals surface area contributed by atoms with Gasteiger partial charge in [-0.05, 0) is 61.1 Å². The number of allylic oxidation sites excluding steroid dienone is 1. The Balaban J connectivity index is 2.12. The molecule has 0 spiro atoms. The molecule has 1 aromatic carbocycles. The minimum absolute atomic E-state index is 0.734. The molecule has 0 bridgehead atoms. The normalized spacial score (nSPS) is 23.1. The quantitative estimate of drug-likeness (QED) is 0.667. The van der Waals surface area contributed by atoms with Crippen molar-refractivity contribution in [2.45, 2.75) is 51.4 Å². The van der Waals surface area contributed by atoms with Crippen molar-refractivity contribution in [2.75, 3.05) is 7.11 Å². The minimum Gasteiger partial charge on any atom is -0.496 e. The third-order valence-corrected chi connectivity index (χ3v) is 4.40. The standard InChI is InChI=1S/C18H26O/c1-4-6-17-13-16(11-12-18(17)19-3)15-9-7-14(5-2)8-10-15/h5,11-15H,2,4,6-10H2,1,3H3. The molecular formula is C18H26O. The first-order chi connectivity index (χ1) is 9.28. The molecule has 0 heterocycles. The lowest BCUT2D eigenvalue weighted by Crippen LogP contribution is -2.11. The summed E-state index contributed by atoms with van der Waals surface area (Å²) >= 11 is 0. The van der Waals surface area contributed by atoms with E-state index in [0.717, 1.165) is 24.0 Å². The van der Waals surface area contributed by atoms with E-state index in [9.17, 15) is 0 Å². The van der Waals surface area contributed by atoms with Crippen molar-refractivity contribution in [2.24, 2.45) is 5.92 Å². The second kappa shape index (κ2) is 6.79. The monoisotopic (exact) mass is 258 g/mol. The van der Waals surface area contributed by atoms with Gasteiger partial charge in [0.25, 0.3) is 0 Å². The van der Waals surface area contributed by atoms with Crippen molar-refractivity contribution in [3.8, 4) is 5.75 Å². The summed E-state index contributed by atoms with van der Waals surface area (Å²) in [6.07, 6.45) is 9.60. The lowest BCUT2D eigenvalue weighted by atomic mass is 9.78. The molecule has 1 aliphatic carbocycles. The maximum absolute atomic E-state index is 5.46. The number of methoxy groups -OCH3 is 1. The van der Waals surface area contributed by atoms with Gasteiger partial charge >= 0.3 is 0 Å². The Morgan fingerprint density at radius 2 is 2.00 bits per heavy atom. The summed E-state index contributed by atoms with van der Waals surface area (Å²) in [7, 11) is 1.77. The number of aryl methyl sites for hydroxylation is 1. The van der Waals surface area contributed by atoms with E-state index in [1.165, 1.54) is 43.2 Å². The zero-order chi connectivity index (χ0) is 13.7. The Morgan fingerprint density at radius 3 is 2.58 bits per heavy atom. The SMILES string of the molecule is C=CC1CCC(c2ccc(OC)c(CCC)c2)CC1. The summed E-state index contributed by atoms with van der Waals surface area (Å²) in [6.45, 7) is 6.15. The van der Waals surface area contributed by atoms with Gasteiger partial charge in [-0.1, -0.05) is 31.6 Å². The highest BCUT2D eigenvalue weighted by molar-refractivity contribution is 5.39. The van der Waals surface area contributed by atoms with Crippen molar-refractivity contribution in [1.29, 1.82) is 0 Å². The molecule has 1 aromatic rings. The highest BCUT2D eigenvalue weighted by Gasteiger charge is 2.21. The van der Waals surface area contributed by atoms with Crippen LogP contribution in [0, 0.1) is 5.92 Å². The lowest BCUT2D eigenvalue weighted by Gasteiger charge is -2.27. The van der Waals surface area contributed by atoms with E-state index in [0.29, 0.717) is 0 Å². The molecule has 0 atom stereocenters. The Kier molecular flexibility index (Phi) is 5.07. The largest absolute Gasteiger partial charge is 0.496 e. The lowest BCUT2D eigenvalue weighted by molar-refractivity contribution is 0.375. The number of ether oxygens (including phenoxy) is 1. The van der Waals surface area contributed by atoms with Crippen molar-refractivity contribution in [1.82, 2.24) is 0 Å². The van der Waals surface area contributed by atoms with Crippen molar-refractivity contribution in [3.05, 3.63) is 42.0 Å². The van der Waals surface area contributed by atoms with E-state index >= 15 is 0 Å². The fourth-order valence-corrected chi connectivity index (χ4v) is 3.21. The van der Waals surface area contributed by atoms with Gasteiger partial charge in [0.15, 0.2) is 0 Å². The topological polar surface area (TPSA) is 9.23 Å². The summed E-state index contributed by atoms with van der Waals surface area (Å²) in [5.74, 6) is 2.52. The van der Waals surface area contributed by atoms with Gasteiger partial charge in [-0.2, -0.15) is 0 Å². The van der Waals surface area contributed by atoms with E-state index in [2.05, 4.69) is 37.8 Å². The van der Waals surface area contributed by atoms with Crippen LogP contribution in [0.3, 0.4) is 0 Å². The van der Waals surface area contributed by atoms with Crippen molar-refractivity contribution in [3.63, 3.8) is 0 Å². The summed E-state index contributed by atoms with van der Waals surface area (Å²) in [6, 6.07) is 6.79. The molecule has 1 fully saturated rings. The average molecular weight is 258 g/mol. The smallest absolute Gasteiger partial charge is 0.122 e. The molecule has 0 aliphatic heterocycles. The average Bonchev–Trinajstić information content (AvgIpc) is 2.47. The van der Waals surface area contributed by atoms with E-state index in [1.807, 2.05) is 0 Å². The highest BCUT2D eigenvalue weighted by atomic mass is 16.5. The predicted molar refractivity (Wildman–Crippen MR) is 81.9 cm³/mol. The Hall–Kier alpha value is -1.24. The molecule has 1 aliphatic rings. The first-order valence-electron chi connectivity index (χ1n) is 7.57. The summed E-state index contributed by atoms with van der Waals surface area (Å²) < 4.78 is 5.46. The van der Waals surface area contributed by atoms with Crippen LogP contribution in [-0.2, 0) is 6.42 Å². The number of benzene rings is 1. The highest BCUT2D eigenvalue weighted by Crippen LogP contribution is 2.37. The van der Waals surface area contributed by atoms with Crippen LogP contribution in [0.25, 0.3) is 0 Å². The molecule has 0 unspecified atom stereocenters. The maximum Gasteiger partial charge on any atom is 0.122 e. The second-order valence-electron chi connectivity index (χ2n) is 5.67. The fraction of sp³-hybridized carbons (Fsp3) is 0.556. The van der Waals surface area contributed by atoms with E-state index in [1.54, 1.807) is 7.11 Å². The zero-order valence-corrected chi connectivity index (χ0v) is 12.3. The molecule has 1 nitrogen and oxygen atoms in total. The molecule has 19 heavy (non-hydrogen) atoms. The van der Waals surface area contributed by atoms with Crippen LogP contribution in [0.5, 0.6) is 5.75 Å². The van der Waals surface area contributed by atoms with E-state index in [-0.39, 0.29) is 0 Å². The zero-order valence-electron chi connectivity index (χ0n) is 12.3. The summed E-state index contributed by atoms with van der Waals surface area (Å²) in [5, 5.41) is 0. The van der Waals surface area contributed by atoms with Crippen LogP contribution in [-0.4, -0.2) is 7.11 Å². The number of hydrogen-bond donors (Lipinski definition) is 0. The van der Waals surface area contributed by atoms with Crippen molar-refractivity contribution >= 4 is 0 Å². The predicted octanol–water partition coefficient (Wildman–Crippen LogP) is 5.11. The molecule has 0 amide bonds.